The molecule has 4 aromatic rings. The number of nitrogens with zero attached hydrogens (tertiary/aromatic N) is 3. The monoisotopic (exact) mass is 395 g/mol. The maximum absolute atomic E-state index is 13.4. The Morgan fingerprint density at radius 3 is 2.62 bits per heavy atom. The van der Waals surface area contributed by atoms with Crippen LogP contribution in [-0.4, -0.2) is 26.2 Å². The van der Waals surface area contributed by atoms with Gasteiger partial charge in [0.05, 0.1) is 12.2 Å². The third-order valence-electron chi connectivity index (χ3n) is 4.25. The van der Waals surface area contributed by atoms with E-state index in [4.69, 9.17) is 4.52 Å². The molecule has 0 saturated heterocycles. The Kier molecular flexibility index (Phi) is 4.86. The summed E-state index contributed by atoms with van der Waals surface area (Å²) in [6.45, 7) is 1.67. The first-order chi connectivity index (χ1) is 14.0. The van der Waals surface area contributed by atoms with Crippen LogP contribution in [-0.2, 0) is 6.54 Å². The lowest BCUT2D eigenvalue weighted by Gasteiger charge is -2.00. The van der Waals surface area contributed by atoms with Crippen molar-refractivity contribution in [2.24, 2.45) is 0 Å². The normalized spacial score (nSPS) is 10.9. The predicted molar refractivity (Wildman–Crippen MR) is 99.6 cm³/mol. The molecule has 0 saturated carbocycles. The number of nitrogens with one attached hydrogen (secondary N) is 2. The molecule has 4 rings (SSSR count). The fourth-order valence-electron chi connectivity index (χ4n) is 2.68. The van der Waals surface area contributed by atoms with Crippen LogP contribution in [0, 0.1) is 18.6 Å². The van der Waals surface area contributed by atoms with Crippen LogP contribution >= 0.6 is 0 Å². The molecule has 0 fully saturated rings. The van der Waals surface area contributed by atoms with Crippen molar-refractivity contribution in [3.05, 3.63) is 77.3 Å². The van der Waals surface area contributed by atoms with E-state index in [2.05, 4.69) is 25.7 Å². The molecule has 2 aromatic heterocycles. The molecule has 146 valence electrons. The highest BCUT2D eigenvalue weighted by Gasteiger charge is 2.14. The molecule has 0 atom stereocenters. The number of carbonyl (C=O) groups excluding carboxylic acids is 1. The number of halogens is 2. The molecule has 0 aliphatic heterocycles. The Morgan fingerprint density at radius 2 is 1.86 bits per heavy atom. The van der Waals surface area contributed by atoms with E-state index in [1.54, 1.807) is 25.1 Å². The van der Waals surface area contributed by atoms with Crippen molar-refractivity contribution < 1.29 is 18.1 Å². The molecule has 29 heavy (non-hydrogen) atoms. The average Bonchev–Trinajstić information content (AvgIpc) is 3.39. The summed E-state index contributed by atoms with van der Waals surface area (Å²) in [7, 11) is 0. The average molecular weight is 395 g/mol. The molecule has 0 radical (unpaired) electrons. The number of carbonyl (C=O) groups is 1. The SMILES string of the molecule is Cc1cc(-c2cc(C(=O)NCc3nc(-c4ccc(F)cc4)no3)[nH]n2)ccc1F. The van der Waals surface area contributed by atoms with Gasteiger partial charge in [0.2, 0.25) is 11.7 Å². The summed E-state index contributed by atoms with van der Waals surface area (Å²) in [6.07, 6.45) is 0. The molecule has 0 unspecified atom stereocenters. The van der Waals surface area contributed by atoms with Gasteiger partial charge < -0.3 is 9.84 Å². The van der Waals surface area contributed by atoms with Gasteiger partial charge in [0.25, 0.3) is 5.91 Å². The lowest BCUT2D eigenvalue weighted by atomic mass is 10.1. The molecule has 0 spiro atoms. The van der Waals surface area contributed by atoms with Crippen molar-refractivity contribution in [3.63, 3.8) is 0 Å². The topological polar surface area (TPSA) is 96.7 Å². The number of aromatic amines is 1. The van der Waals surface area contributed by atoms with E-state index in [-0.39, 0.29) is 29.8 Å². The summed E-state index contributed by atoms with van der Waals surface area (Å²) in [6, 6.07) is 11.8. The number of amides is 1. The minimum atomic E-state index is -0.413. The van der Waals surface area contributed by atoms with Crippen LogP contribution in [0.5, 0.6) is 0 Å². The summed E-state index contributed by atoms with van der Waals surface area (Å²) in [5.74, 6) is -0.582. The third-order valence-corrected chi connectivity index (χ3v) is 4.25. The van der Waals surface area contributed by atoms with Gasteiger partial charge in [-0.25, -0.2) is 8.78 Å². The Hall–Kier alpha value is -3.88. The van der Waals surface area contributed by atoms with Crippen molar-refractivity contribution in [3.8, 4) is 22.6 Å². The smallest absolute Gasteiger partial charge is 0.269 e. The molecule has 7 nitrogen and oxygen atoms in total. The first-order valence-electron chi connectivity index (χ1n) is 8.68. The van der Waals surface area contributed by atoms with Crippen LogP contribution in [0.4, 0.5) is 8.78 Å². The van der Waals surface area contributed by atoms with Crippen LogP contribution in [0.1, 0.15) is 21.9 Å². The largest absolute Gasteiger partial charge is 0.342 e. The van der Waals surface area contributed by atoms with Crippen LogP contribution in [0.25, 0.3) is 22.6 Å². The molecule has 2 heterocycles. The Bertz CT molecular complexity index is 1170. The first kappa shape index (κ1) is 18.5. The zero-order chi connectivity index (χ0) is 20.4. The zero-order valence-electron chi connectivity index (χ0n) is 15.2. The summed E-state index contributed by atoms with van der Waals surface area (Å²) >= 11 is 0. The van der Waals surface area contributed by atoms with Crippen molar-refractivity contribution >= 4 is 5.91 Å². The second-order valence-electron chi connectivity index (χ2n) is 6.33. The van der Waals surface area contributed by atoms with E-state index in [9.17, 15) is 13.6 Å². The van der Waals surface area contributed by atoms with E-state index >= 15 is 0 Å². The number of benzene rings is 2. The summed E-state index contributed by atoms with van der Waals surface area (Å²) in [5, 5.41) is 13.2. The lowest BCUT2D eigenvalue weighted by Crippen LogP contribution is -2.23. The highest BCUT2D eigenvalue weighted by atomic mass is 19.1. The van der Waals surface area contributed by atoms with Crippen molar-refractivity contribution in [1.82, 2.24) is 25.7 Å². The summed E-state index contributed by atoms with van der Waals surface area (Å²) in [4.78, 5) is 16.5. The fourth-order valence-corrected chi connectivity index (χ4v) is 2.68. The number of H-pyrrole nitrogens is 1. The minimum Gasteiger partial charge on any atom is -0.342 e. The van der Waals surface area contributed by atoms with Crippen molar-refractivity contribution in [2.75, 3.05) is 0 Å². The van der Waals surface area contributed by atoms with Gasteiger partial charge in [-0.05, 0) is 61.0 Å². The van der Waals surface area contributed by atoms with Gasteiger partial charge in [-0.2, -0.15) is 10.1 Å². The van der Waals surface area contributed by atoms with Crippen LogP contribution < -0.4 is 5.32 Å². The number of aromatic nitrogens is 4. The minimum absolute atomic E-state index is 0.0110. The summed E-state index contributed by atoms with van der Waals surface area (Å²) in [5.41, 5.74) is 2.54. The van der Waals surface area contributed by atoms with Gasteiger partial charge in [-0.15, -0.1) is 0 Å². The molecule has 2 aromatic carbocycles. The highest BCUT2D eigenvalue weighted by Crippen LogP contribution is 2.21. The van der Waals surface area contributed by atoms with Crippen molar-refractivity contribution in [2.45, 2.75) is 13.5 Å². The van der Waals surface area contributed by atoms with Gasteiger partial charge in [0.1, 0.15) is 17.3 Å². The molecule has 2 N–H and O–H groups in total. The zero-order valence-corrected chi connectivity index (χ0v) is 15.2. The van der Waals surface area contributed by atoms with E-state index in [1.165, 1.54) is 30.3 Å². The number of aryl methyl sites for hydroxylation is 1. The van der Waals surface area contributed by atoms with E-state index in [1.807, 2.05) is 0 Å². The second kappa shape index (κ2) is 7.63. The molecule has 0 bridgehead atoms. The van der Waals surface area contributed by atoms with Gasteiger partial charge in [-0.1, -0.05) is 5.16 Å². The van der Waals surface area contributed by atoms with Gasteiger partial charge in [0.15, 0.2) is 0 Å². The number of hydrogen-bond acceptors (Lipinski definition) is 5. The molecule has 9 heteroatoms. The van der Waals surface area contributed by atoms with Gasteiger partial charge in [0, 0.05) is 11.1 Å². The Labute approximate surface area is 163 Å². The van der Waals surface area contributed by atoms with Crippen LogP contribution in [0.2, 0.25) is 0 Å². The number of hydrogen-bond donors (Lipinski definition) is 2. The first-order valence-corrected chi connectivity index (χ1v) is 8.68. The molecule has 0 aliphatic rings. The summed E-state index contributed by atoms with van der Waals surface area (Å²) < 4.78 is 31.5. The van der Waals surface area contributed by atoms with E-state index in [0.29, 0.717) is 28.2 Å². The second-order valence-corrected chi connectivity index (χ2v) is 6.33. The van der Waals surface area contributed by atoms with E-state index < -0.39 is 5.91 Å². The highest BCUT2D eigenvalue weighted by molar-refractivity contribution is 5.93. The fraction of sp³-hybridized carbons (Fsp3) is 0.100. The third kappa shape index (κ3) is 4.03. The lowest BCUT2D eigenvalue weighted by molar-refractivity contribution is 0.0941. The molecular weight excluding hydrogens is 380 g/mol. The van der Waals surface area contributed by atoms with Crippen LogP contribution in [0.15, 0.2) is 53.1 Å². The number of rotatable bonds is 5. The molecule has 0 aliphatic carbocycles. The maximum atomic E-state index is 13.4. The molecular formula is C20H15F2N5O2. The predicted octanol–water partition coefficient (Wildman–Crippen LogP) is 3.64. The van der Waals surface area contributed by atoms with Crippen LogP contribution in [0.3, 0.4) is 0 Å². The maximum Gasteiger partial charge on any atom is 0.269 e. The Balaban J connectivity index is 1.41. The van der Waals surface area contributed by atoms with Crippen molar-refractivity contribution in [1.29, 1.82) is 0 Å². The standard InChI is InChI=1S/C20H15F2N5O2/c1-11-8-13(4-7-15(11)22)16-9-17(26-25-16)20(28)23-10-18-24-19(27-29-18)12-2-5-14(21)6-3-12/h2-9H,10H2,1H3,(H,23,28)(H,25,26). The van der Waals surface area contributed by atoms with Gasteiger partial charge >= 0.3 is 0 Å². The molecule has 1 amide bonds. The van der Waals surface area contributed by atoms with E-state index in [0.717, 1.165) is 0 Å². The quantitative estimate of drug-likeness (QED) is 0.538. The Morgan fingerprint density at radius 1 is 1.10 bits per heavy atom. The van der Waals surface area contributed by atoms with Gasteiger partial charge in [-0.3, -0.25) is 9.89 Å².